The van der Waals surface area contributed by atoms with Crippen LogP contribution in [-0.4, -0.2) is 31.9 Å². The maximum absolute atomic E-state index is 11.5. The van der Waals surface area contributed by atoms with E-state index in [-0.39, 0.29) is 12.1 Å². The molecule has 0 N–H and O–H groups in total. The van der Waals surface area contributed by atoms with Crippen LogP contribution in [0.5, 0.6) is 0 Å². The number of rotatable bonds is 4. The molecule has 1 aromatic carbocycles. The molecule has 1 rings (SSSR count). The minimum atomic E-state index is -0.715. The predicted molar refractivity (Wildman–Crippen MR) is 66.9 cm³/mol. The van der Waals surface area contributed by atoms with Crippen LogP contribution >= 0.6 is 0 Å². The number of nitrogens with zero attached hydrogens (tertiary/aromatic N) is 2. The summed E-state index contributed by atoms with van der Waals surface area (Å²) in [6, 6.07) is 8.31. The van der Waals surface area contributed by atoms with Crippen molar-refractivity contribution >= 4 is 23.3 Å². The summed E-state index contributed by atoms with van der Waals surface area (Å²) < 4.78 is 9.02. The number of hydrogen-bond donors (Lipinski definition) is 0. The Balaban J connectivity index is 3.08. The van der Waals surface area contributed by atoms with Crippen LogP contribution in [-0.2, 0) is 19.1 Å². The van der Waals surface area contributed by atoms with Gasteiger partial charge in [-0.3, -0.25) is 4.79 Å². The highest BCUT2D eigenvalue weighted by Gasteiger charge is 2.17. The summed E-state index contributed by atoms with van der Waals surface area (Å²) in [5, 5.41) is 8.77. The molecule has 0 spiro atoms. The summed E-state index contributed by atoms with van der Waals surface area (Å²) in [5.41, 5.74) is 0.719. The number of aliphatic imine (C=N–C) groups is 1. The minimum Gasteiger partial charge on any atom is -0.469 e. The molecule has 0 aliphatic rings. The fourth-order valence-electron chi connectivity index (χ4n) is 1.28. The first kappa shape index (κ1) is 14.4. The minimum absolute atomic E-state index is 0.0792. The topological polar surface area (TPSA) is 88.8 Å². The van der Waals surface area contributed by atoms with Gasteiger partial charge in [-0.05, 0) is 18.2 Å². The van der Waals surface area contributed by atoms with E-state index in [4.69, 9.17) is 5.26 Å². The zero-order valence-corrected chi connectivity index (χ0v) is 10.5. The normalized spacial score (nSPS) is 10.5. The van der Waals surface area contributed by atoms with E-state index >= 15 is 0 Å². The average Bonchev–Trinajstić information content (AvgIpc) is 2.45. The second kappa shape index (κ2) is 6.91. The Morgan fingerprint density at radius 1 is 1.32 bits per heavy atom. The van der Waals surface area contributed by atoms with Crippen molar-refractivity contribution in [3.05, 3.63) is 29.8 Å². The van der Waals surface area contributed by atoms with Crippen LogP contribution in [0, 0.1) is 11.3 Å². The number of benzene rings is 1. The summed E-state index contributed by atoms with van der Waals surface area (Å²) >= 11 is 0. The summed E-state index contributed by atoms with van der Waals surface area (Å²) in [6.45, 7) is 0. The van der Waals surface area contributed by atoms with Gasteiger partial charge in [0, 0.05) is 0 Å². The smallest absolute Gasteiger partial charge is 0.353 e. The van der Waals surface area contributed by atoms with Gasteiger partial charge in [0.15, 0.2) is 0 Å². The third-order valence-corrected chi connectivity index (χ3v) is 2.20. The zero-order valence-electron chi connectivity index (χ0n) is 10.5. The fourth-order valence-corrected chi connectivity index (χ4v) is 1.28. The maximum atomic E-state index is 11.5. The summed E-state index contributed by atoms with van der Waals surface area (Å²) in [7, 11) is 2.41. The molecule has 0 bridgehead atoms. The number of esters is 2. The molecule has 98 valence electrons. The van der Waals surface area contributed by atoms with E-state index in [1.54, 1.807) is 18.2 Å². The molecular weight excluding hydrogens is 248 g/mol. The Kier molecular flexibility index (Phi) is 5.23. The van der Waals surface area contributed by atoms with Gasteiger partial charge in [0.25, 0.3) is 0 Å². The monoisotopic (exact) mass is 260 g/mol. The molecule has 0 saturated heterocycles. The molecule has 0 aromatic heterocycles. The van der Waals surface area contributed by atoms with Crippen LogP contribution in [0.4, 0.5) is 5.69 Å². The van der Waals surface area contributed by atoms with Crippen molar-refractivity contribution in [3.63, 3.8) is 0 Å². The number of hydrogen-bond acceptors (Lipinski definition) is 6. The van der Waals surface area contributed by atoms with Crippen LogP contribution in [0.1, 0.15) is 12.0 Å². The number of ether oxygens (including phenoxy) is 2. The van der Waals surface area contributed by atoms with E-state index in [9.17, 15) is 9.59 Å². The van der Waals surface area contributed by atoms with Crippen LogP contribution in [0.15, 0.2) is 29.3 Å². The molecule has 0 aliphatic heterocycles. The van der Waals surface area contributed by atoms with E-state index in [1.165, 1.54) is 20.3 Å². The van der Waals surface area contributed by atoms with Crippen LogP contribution < -0.4 is 0 Å². The van der Waals surface area contributed by atoms with Gasteiger partial charge in [-0.25, -0.2) is 9.79 Å². The molecule has 0 saturated carbocycles. The lowest BCUT2D eigenvalue weighted by atomic mass is 10.2. The van der Waals surface area contributed by atoms with Crippen molar-refractivity contribution < 1.29 is 19.1 Å². The van der Waals surface area contributed by atoms with Gasteiger partial charge in [0.05, 0.1) is 38.0 Å². The molecule has 19 heavy (non-hydrogen) atoms. The predicted octanol–water partition coefficient (Wildman–Crippen LogP) is 1.37. The zero-order chi connectivity index (χ0) is 14.3. The van der Waals surface area contributed by atoms with E-state index in [2.05, 4.69) is 14.5 Å². The van der Waals surface area contributed by atoms with Crippen molar-refractivity contribution in [2.75, 3.05) is 14.2 Å². The first-order chi connectivity index (χ1) is 9.10. The van der Waals surface area contributed by atoms with Gasteiger partial charge < -0.3 is 9.47 Å². The molecule has 0 fully saturated rings. The van der Waals surface area contributed by atoms with E-state index in [0.29, 0.717) is 11.3 Å². The fraction of sp³-hybridized carbons (Fsp3) is 0.231. The van der Waals surface area contributed by atoms with Crippen LogP contribution in [0.2, 0.25) is 0 Å². The summed E-state index contributed by atoms with van der Waals surface area (Å²) in [6.07, 6.45) is -0.292. The van der Waals surface area contributed by atoms with Crippen molar-refractivity contribution in [1.29, 1.82) is 5.26 Å². The highest BCUT2D eigenvalue weighted by atomic mass is 16.5. The first-order valence-electron chi connectivity index (χ1n) is 5.33. The number of methoxy groups -OCH3 is 2. The van der Waals surface area contributed by atoms with E-state index in [0.717, 1.165) is 0 Å². The molecule has 0 heterocycles. The third kappa shape index (κ3) is 4.24. The van der Waals surface area contributed by atoms with Crippen molar-refractivity contribution in [1.82, 2.24) is 0 Å². The molecule has 6 heteroatoms. The van der Waals surface area contributed by atoms with Crippen molar-refractivity contribution in [2.24, 2.45) is 4.99 Å². The second-order valence-electron chi connectivity index (χ2n) is 3.47. The molecule has 1 aromatic rings. The van der Waals surface area contributed by atoms with Gasteiger partial charge in [-0.2, -0.15) is 5.26 Å². The first-order valence-corrected chi connectivity index (χ1v) is 5.33. The lowest BCUT2D eigenvalue weighted by molar-refractivity contribution is -0.140. The molecular formula is C13H12N2O4. The maximum Gasteiger partial charge on any atom is 0.353 e. The average molecular weight is 260 g/mol. The summed E-state index contributed by atoms with van der Waals surface area (Å²) in [4.78, 5) is 26.7. The van der Waals surface area contributed by atoms with E-state index < -0.39 is 11.9 Å². The Morgan fingerprint density at radius 2 is 2.05 bits per heavy atom. The van der Waals surface area contributed by atoms with Gasteiger partial charge >= 0.3 is 11.9 Å². The summed E-state index contributed by atoms with van der Waals surface area (Å²) in [5.74, 6) is -1.31. The number of carbonyl (C=O) groups is 2. The second-order valence-corrected chi connectivity index (χ2v) is 3.47. The Hall–Kier alpha value is -2.68. The molecule has 0 radical (unpaired) electrons. The molecule has 0 aliphatic carbocycles. The Bertz CT molecular complexity index is 558. The highest BCUT2D eigenvalue weighted by Crippen LogP contribution is 2.15. The van der Waals surface area contributed by atoms with Crippen molar-refractivity contribution in [3.8, 4) is 6.07 Å². The van der Waals surface area contributed by atoms with Gasteiger partial charge in [0.2, 0.25) is 0 Å². The number of carbonyl (C=O) groups excluding carboxylic acids is 2. The van der Waals surface area contributed by atoms with E-state index in [1.807, 2.05) is 6.07 Å². The van der Waals surface area contributed by atoms with Crippen LogP contribution in [0.3, 0.4) is 0 Å². The van der Waals surface area contributed by atoms with Crippen molar-refractivity contribution in [2.45, 2.75) is 6.42 Å². The standard InChI is InChI=1S/C13H12N2O4/c1-18-12(16)7-11(13(17)19-2)15-10-5-3-4-9(6-10)8-14/h3-6H,7H2,1-2H3. The highest BCUT2D eigenvalue weighted by molar-refractivity contribution is 6.39. The van der Waals surface area contributed by atoms with Gasteiger partial charge in [0.1, 0.15) is 5.71 Å². The lowest BCUT2D eigenvalue weighted by Crippen LogP contribution is -2.20. The van der Waals surface area contributed by atoms with Crippen LogP contribution in [0.25, 0.3) is 0 Å². The quantitative estimate of drug-likeness (QED) is 0.602. The molecule has 0 atom stereocenters. The van der Waals surface area contributed by atoms with Gasteiger partial charge in [-0.1, -0.05) is 6.07 Å². The molecule has 0 unspecified atom stereocenters. The Morgan fingerprint density at radius 3 is 2.63 bits per heavy atom. The third-order valence-electron chi connectivity index (χ3n) is 2.20. The largest absolute Gasteiger partial charge is 0.469 e. The lowest BCUT2D eigenvalue weighted by Gasteiger charge is -2.03. The molecule has 0 amide bonds. The molecule has 6 nitrogen and oxygen atoms in total. The Labute approximate surface area is 110 Å². The SMILES string of the molecule is COC(=O)CC(=Nc1cccc(C#N)c1)C(=O)OC. The van der Waals surface area contributed by atoms with Gasteiger partial charge in [-0.15, -0.1) is 0 Å². The number of nitriles is 1.